The number of unbranched alkanes of at least 4 members (excludes halogenated alkanes) is 1. The Labute approximate surface area is 90.5 Å². The van der Waals surface area contributed by atoms with Crippen molar-refractivity contribution in [3.05, 3.63) is 0 Å². The van der Waals surface area contributed by atoms with Gasteiger partial charge in [0.15, 0.2) is 0 Å². The van der Waals surface area contributed by atoms with Crippen LogP contribution in [-0.2, 0) is 0 Å². The lowest BCUT2D eigenvalue weighted by Crippen LogP contribution is -1.97. The summed E-state index contributed by atoms with van der Waals surface area (Å²) in [5.41, 5.74) is 0. The van der Waals surface area contributed by atoms with Crippen LogP contribution >= 0.6 is 21.6 Å². The second-order valence-corrected chi connectivity index (χ2v) is 5.96. The van der Waals surface area contributed by atoms with E-state index >= 15 is 0 Å². The van der Waals surface area contributed by atoms with Crippen molar-refractivity contribution in [1.29, 1.82) is 0 Å². The summed E-state index contributed by atoms with van der Waals surface area (Å²) >= 11 is 0. The van der Waals surface area contributed by atoms with Gasteiger partial charge in [-0.15, -0.1) is 0 Å². The van der Waals surface area contributed by atoms with E-state index < -0.39 is 0 Å². The molecule has 0 aromatic carbocycles. The van der Waals surface area contributed by atoms with Crippen LogP contribution < -0.4 is 0 Å². The zero-order valence-corrected chi connectivity index (χ0v) is 10.4. The molecular weight excluding hydrogens is 200 g/mol. The van der Waals surface area contributed by atoms with Crippen LogP contribution in [-0.4, -0.2) is 22.7 Å². The van der Waals surface area contributed by atoms with E-state index in [9.17, 15) is 0 Å². The Morgan fingerprint density at radius 2 is 2.00 bits per heavy atom. The van der Waals surface area contributed by atoms with Crippen LogP contribution in [0.2, 0.25) is 0 Å². The molecule has 0 aliphatic carbocycles. The van der Waals surface area contributed by atoms with E-state index in [-0.39, 0.29) is 0 Å². The Balaban J connectivity index is 3.17. The number of hydrogen-bond donors (Lipinski definition) is 1. The van der Waals surface area contributed by atoms with Gasteiger partial charge in [-0.1, -0.05) is 41.9 Å². The number of aliphatic hydroxyl groups is 1. The van der Waals surface area contributed by atoms with E-state index in [1.54, 1.807) is 0 Å². The third-order valence-corrected chi connectivity index (χ3v) is 5.06. The molecular formula is C10H22OS2. The van der Waals surface area contributed by atoms with Crippen molar-refractivity contribution in [3.8, 4) is 0 Å². The summed E-state index contributed by atoms with van der Waals surface area (Å²) in [5.74, 6) is 1.19. The van der Waals surface area contributed by atoms with Gasteiger partial charge >= 0.3 is 0 Å². The molecule has 1 unspecified atom stereocenters. The first-order valence-electron chi connectivity index (χ1n) is 5.24. The maximum atomic E-state index is 8.59. The first-order valence-corrected chi connectivity index (χ1v) is 7.62. The lowest BCUT2D eigenvalue weighted by Gasteiger charge is -2.11. The SMILES string of the molecule is CCCC(CC)SSCCCCO. The molecule has 13 heavy (non-hydrogen) atoms. The predicted molar refractivity (Wildman–Crippen MR) is 65.4 cm³/mol. The van der Waals surface area contributed by atoms with Gasteiger partial charge in [-0.2, -0.15) is 0 Å². The molecule has 3 heteroatoms. The highest BCUT2D eigenvalue weighted by atomic mass is 33.1. The molecule has 80 valence electrons. The highest BCUT2D eigenvalue weighted by Crippen LogP contribution is 2.31. The van der Waals surface area contributed by atoms with Gasteiger partial charge in [0.25, 0.3) is 0 Å². The maximum Gasteiger partial charge on any atom is 0.0431 e. The summed E-state index contributed by atoms with van der Waals surface area (Å²) in [6.45, 7) is 4.86. The van der Waals surface area contributed by atoms with Crippen LogP contribution in [0, 0.1) is 0 Å². The molecule has 0 aromatic rings. The molecule has 0 aromatic heterocycles. The Morgan fingerprint density at radius 1 is 1.23 bits per heavy atom. The average Bonchev–Trinajstić information content (AvgIpc) is 2.16. The summed E-state index contributed by atoms with van der Waals surface area (Å²) < 4.78 is 0. The van der Waals surface area contributed by atoms with Crippen molar-refractivity contribution >= 4 is 21.6 Å². The molecule has 0 saturated heterocycles. The molecule has 0 bridgehead atoms. The van der Waals surface area contributed by atoms with Gasteiger partial charge in [0.05, 0.1) is 0 Å². The number of aliphatic hydroxyl groups excluding tert-OH is 1. The standard InChI is InChI=1S/C10H22OS2/c1-3-7-10(4-2)13-12-9-6-5-8-11/h10-11H,3-9H2,1-2H3. The Morgan fingerprint density at radius 3 is 2.54 bits per heavy atom. The van der Waals surface area contributed by atoms with Crippen LogP contribution in [0.25, 0.3) is 0 Å². The molecule has 0 rings (SSSR count). The lowest BCUT2D eigenvalue weighted by atomic mass is 10.2. The summed E-state index contributed by atoms with van der Waals surface area (Å²) in [6, 6.07) is 0. The fourth-order valence-electron chi connectivity index (χ4n) is 1.06. The molecule has 1 nitrogen and oxygen atoms in total. The van der Waals surface area contributed by atoms with Gasteiger partial charge in [0.2, 0.25) is 0 Å². The van der Waals surface area contributed by atoms with Crippen molar-refractivity contribution in [2.45, 2.75) is 51.2 Å². The van der Waals surface area contributed by atoms with Gasteiger partial charge in [-0.25, -0.2) is 0 Å². The molecule has 0 heterocycles. The second-order valence-electron chi connectivity index (χ2n) is 3.17. The van der Waals surface area contributed by atoms with E-state index in [0.717, 1.165) is 18.1 Å². The summed E-state index contributed by atoms with van der Waals surface area (Å²) in [4.78, 5) is 0. The highest BCUT2D eigenvalue weighted by molar-refractivity contribution is 8.76. The number of hydrogen-bond acceptors (Lipinski definition) is 3. The summed E-state index contributed by atoms with van der Waals surface area (Å²) in [6.07, 6.45) is 6.03. The van der Waals surface area contributed by atoms with Crippen LogP contribution in [0.5, 0.6) is 0 Å². The summed E-state index contributed by atoms with van der Waals surface area (Å²) in [7, 11) is 4.00. The Bertz CT molecular complexity index is 98.9. The minimum atomic E-state index is 0.345. The van der Waals surface area contributed by atoms with Crippen LogP contribution in [0.4, 0.5) is 0 Å². The molecule has 0 aliphatic heterocycles. The highest BCUT2D eigenvalue weighted by Gasteiger charge is 2.04. The molecule has 0 amide bonds. The Hall–Kier alpha value is 0.660. The molecule has 1 N–H and O–H groups in total. The fraction of sp³-hybridized carbons (Fsp3) is 1.00. The third-order valence-electron chi connectivity index (χ3n) is 1.91. The van der Waals surface area contributed by atoms with Crippen LogP contribution in [0.1, 0.15) is 46.0 Å². The zero-order chi connectivity index (χ0) is 9.94. The van der Waals surface area contributed by atoms with Crippen LogP contribution in [0.15, 0.2) is 0 Å². The van der Waals surface area contributed by atoms with Crippen molar-refractivity contribution in [2.75, 3.05) is 12.4 Å². The van der Waals surface area contributed by atoms with Crippen molar-refractivity contribution in [3.63, 3.8) is 0 Å². The molecule has 0 radical (unpaired) electrons. The topological polar surface area (TPSA) is 20.2 Å². The fourth-order valence-corrected chi connectivity index (χ4v) is 4.05. The summed E-state index contributed by atoms with van der Waals surface area (Å²) in [5, 5.41) is 9.43. The first kappa shape index (κ1) is 13.7. The van der Waals surface area contributed by atoms with Gasteiger partial charge in [0.1, 0.15) is 0 Å². The van der Waals surface area contributed by atoms with Gasteiger partial charge < -0.3 is 5.11 Å². The van der Waals surface area contributed by atoms with E-state index in [2.05, 4.69) is 13.8 Å². The van der Waals surface area contributed by atoms with E-state index in [1.165, 1.54) is 25.0 Å². The maximum absolute atomic E-state index is 8.59. The molecule has 1 atom stereocenters. The monoisotopic (exact) mass is 222 g/mol. The molecule has 0 aliphatic rings. The minimum Gasteiger partial charge on any atom is -0.396 e. The van der Waals surface area contributed by atoms with E-state index in [4.69, 9.17) is 5.11 Å². The number of rotatable bonds is 9. The zero-order valence-electron chi connectivity index (χ0n) is 8.79. The van der Waals surface area contributed by atoms with Crippen molar-refractivity contribution in [1.82, 2.24) is 0 Å². The van der Waals surface area contributed by atoms with Gasteiger partial charge in [-0.3, -0.25) is 0 Å². The predicted octanol–water partition coefficient (Wildman–Crippen LogP) is 3.72. The molecule has 0 spiro atoms. The Kier molecular flexibility index (Phi) is 11.3. The molecule has 0 fully saturated rings. The largest absolute Gasteiger partial charge is 0.396 e. The second kappa shape index (κ2) is 10.7. The van der Waals surface area contributed by atoms with Crippen LogP contribution in [0.3, 0.4) is 0 Å². The quantitative estimate of drug-likeness (QED) is 0.474. The van der Waals surface area contributed by atoms with Gasteiger partial charge in [-0.05, 0) is 25.7 Å². The van der Waals surface area contributed by atoms with E-state index in [1.807, 2.05) is 21.6 Å². The third kappa shape index (κ3) is 8.98. The van der Waals surface area contributed by atoms with Crippen molar-refractivity contribution in [2.24, 2.45) is 0 Å². The smallest absolute Gasteiger partial charge is 0.0431 e. The normalized spacial score (nSPS) is 13.2. The average molecular weight is 222 g/mol. The minimum absolute atomic E-state index is 0.345. The van der Waals surface area contributed by atoms with Crippen molar-refractivity contribution < 1.29 is 5.11 Å². The van der Waals surface area contributed by atoms with E-state index in [0.29, 0.717) is 6.61 Å². The first-order chi connectivity index (χ1) is 6.35. The lowest BCUT2D eigenvalue weighted by molar-refractivity contribution is 0.287. The molecule has 0 saturated carbocycles. The van der Waals surface area contributed by atoms with Gasteiger partial charge in [0, 0.05) is 17.6 Å².